The number of rotatable bonds is 27. The summed E-state index contributed by atoms with van der Waals surface area (Å²) in [5.41, 5.74) is 1.30. The quantitative estimate of drug-likeness (QED) is 0.0791. The van der Waals surface area contributed by atoms with Crippen molar-refractivity contribution in [3.8, 4) is 5.69 Å². The maximum Gasteiger partial charge on any atom is 0.261 e. The van der Waals surface area contributed by atoms with E-state index in [1.807, 2.05) is 0 Å². The first-order chi connectivity index (χ1) is 19.4. The molecular formula is C37H65N2+. The van der Waals surface area contributed by atoms with E-state index in [4.69, 9.17) is 0 Å². The van der Waals surface area contributed by atoms with Crippen LogP contribution in [0.3, 0.4) is 0 Å². The minimum atomic E-state index is 1.17. The maximum absolute atomic E-state index is 2.55. The number of aromatic nitrogens is 2. The lowest BCUT2D eigenvalue weighted by Crippen LogP contribution is -2.37. The van der Waals surface area contributed by atoms with E-state index in [0.29, 0.717) is 0 Å². The van der Waals surface area contributed by atoms with Gasteiger partial charge in [0.1, 0.15) is 18.1 Å². The second-order valence-corrected chi connectivity index (χ2v) is 12.1. The zero-order valence-electron chi connectivity index (χ0n) is 26.3. The molecule has 0 saturated carbocycles. The van der Waals surface area contributed by atoms with Crippen LogP contribution in [0.25, 0.3) is 5.69 Å². The molecule has 0 radical (unpaired) electrons. The first kappa shape index (κ1) is 33.6. The third-order valence-corrected chi connectivity index (χ3v) is 8.55. The smallest absolute Gasteiger partial charge is 0.234 e. The van der Waals surface area contributed by atoms with Crippen LogP contribution in [-0.4, -0.2) is 4.57 Å². The van der Waals surface area contributed by atoms with Gasteiger partial charge in [-0.3, -0.25) is 0 Å². The van der Waals surface area contributed by atoms with Crippen molar-refractivity contribution in [2.24, 2.45) is 0 Å². The molecule has 1 heterocycles. The normalized spacial score (nSPS) is 11.4. The van der Waals surface area contributed by atoms with Crippen molar-refractivity contribution in [3.05, 3.63) is 48.5 Å². The molecule has 0 aliphatic carbocycles. The molecule has 0 bridgehead atoms. The highest BCUT2D eigenvalue weighted by molar-refractivity contribution is 5.31. The number of nitrogens with zero attached hydrogens (tertiary/aromatic N) is 2. The number of para-hydroxylation sites is 1. The number of hydrogen-bond donors (Lipinski definition) is 0. The van der Waals surface area contributed by atoms with Gasteiger partial charge in [0.15, 0.2) is 0 Å². The zero-order chi connectivity index (χ0) is 27.6. The number of unbranched alkanes of at least 4 members (excludes halogenated alkanes) is 22. The Morgan fingerprint density at radius 3 is 1.36 bits per heavy atom. The molecule has 0 unspecified atom stereocenters. The molecule has 0 atom stereocenters. The fourth-order valence-corrected chi connectivity index (χ4v) is 6.00. The summed E-state index contributed by atoms with van der Waals surface area (Å²) in [6, 6.07) is 10.9. The van der Waals surface area contributed by atoms with Gasteiger partial charge in [0.05, 0.1) is 6.54 Å². The fourth-order valence-electron chi connectivity index (χ4n) is 6.00. The van der Waals surface area contributed by atoms with Crippen LogP contribution < -0.4 is 4.57 Å². The van der Waals surface area contributed by atoms with E-state index < -0.39 is 0 Å². The number of hydrogen-bond acceptors (Lipinski definition) is 0. The Balaban J connectivity index is 1.58. The third-order valence-electron chi connectivity index (χ3n) is 8.55. The van der Waals surface area contributed by atoms with Crippen molar-refractivity contribution in [2.45, 2.75) is 181 Å². The molecule has 0 aliphatic heterocycles. The van der Waals surface area contributed by atoms with Crippen LogP contribution in [0.4, 0.5) is 0 Å². The minimum absolute atomic E-state index is 1.17. The van der Waals surface area contributed by atoms with Crippen LogP contribution in [0.1, 0.15) is 174 Å². The molecule has 1 aromatic heterocycles. The summed E-state index contributed by atoms with van der Waals surface area (Å²) in [4.78, 5) is 0. The van der Waals surface area contributed by atoms with Gasteiger partial charge in [-0.2, -0.15) is 4.57 Å². The highest BCUT2D eigenvalue weighted by atomic mass is 15.1. The Kier molecular flexibility index (Phi) is 20.9. The minimum Gasteiger partial charge on any atom is -0.234 e. The van der Waals surface area contributed by atoms with Gasteiger partial charge >= 0.3 is 0 Å². The summed E-state index contributed by atoms with van der Waals surface area (Å²) in [5.74, 6) is 1.49. The van der Waals surface area contributed by atoms with Crippen molar-refractivity contribution in [3.63, 3.8) is 0 Å². The second-order valence-electron chi connectivity index (χ2n) is 12.1. The Bertz CT molecular complexity index is 778. The summed E-state index contributed by atoms with van der Waals surface area (Å²) in [5, 5.41) is 0. The standard InChI is InChI=1S/C37H65N2/c1-3-5-7-9-11-13-14-15-16-17-18-19-20-22-24-29-33-38-34-35-39(36-30-26-25-27-31-36)37(38)32-28-23-21-12-10-8-6-4-2/h25-27,30-31,34-35H,3-24,28-29,32-33H2,1-2H3/q+1. The van der Waals surface area contributed by atoms with Crippen molar-refractivity contribution in [1.82, 2.24) is 4.57 Å². The Morgan fingerprint density at radius 2 is 0.897 bits per heavy atom. The average molecular weight is 538 g/mol. The molecule has 0 spiro atoms. The molecule has 39 heavy (non-hydrogen) atoms. The number of imidazole rings is 1. The van der Waals surface area contributed by atoms with Crippen LogP contribution in [0, 0.1) is 0 Å². The lowest BCUT2D eigenvalue weighted by molar-refractivity contribution is -0.704. The predicted octanol–water partition coefficient (Wildman–Crippen LogP) is 11.7. The van der Waals surface area contributed by atoms with E-state index in [1.54, 1.807) is 0 Å². The lowest BCUT2D eigenvalue weighted by Gasteiger charge is -2.07. The highest BCUT2D eigenvalue weighted by Gasteiger charge is 2.18. The van der Waals surface area contributed by atoms with Gasteiger partial charge in [-0.25, -0.2) is 4.57 Å². The largest absolute Gasteiger partial charge is 0.261 e. The molecule has 222 valence electrons. The summed E-state index contributed by atoms with van der Waals surface area (Å²) in [7, 11) is 0. The van der Waals surface area contributed by atoms with Crippen LogP contribution >= 0.6 is 0 Å². The Morgan fingerprint density at radius 1 is 0.487 bits per heavy atom. The first-order valence-corrected chi connectivity index (χ1v) is 17.5. The lowest BCUT2D eigenvalue weighted by atomic mass is 10.0. The predicted molar refractivity (Wildman–Crippen MR) is 172 cm³/mol. The molecule has 0 fully saturated rings. The van der Waals surface area contributed by atoms with E-state index in [1.165, 1.54) is 179 Å². The molecule has 2 aromatic rings. The molecule has 0 saturated heterocycles. The van der Waals surface area contributed by atoms with Crippen LogP contribution in [0.5, 0.6) is 0 Å². The van der Waals surface area contributed by atoms with Gasteiger partial charge in [-0.15, -0.1) is 0 Å². The monoisotopic (exact) mass is 538 g/mol. The summed E-state index contributed by atoms with van der Waals surface area (Å²) < 4.78 is 4.99. The SMILES string of the molecule is CCCCCCCCCCCCCCCCCC[n+]1ccn(-c2ccccc2)c1CCCCCCCCCC. The van der Waals surface area contributed by atoms with Crippen LogP contribution in [-0.2, 0) is 13.0 Å². The molecule has 0 aliphatic rings. The van der Waals surface area contributed by atoms with Crippen molar-refractivity contribution >= 4 is 0 Å². The third kappa shape index (κ3) is 16.3. The molecule has 2 heteroatoms. The molecule has 0 N–H and O–H groups in total. The first-order valence-electron chi connectivity index (χ1n) is 17.5. The molecule has 0 amide bonds. The van der Waals surface area contributed by atoms with Gasteiger partial charge in [0.2, 0.25) is 0 Å². The van der Waals surface area contributed by atoms with Crippen LogP contribution in [0.2, 0.25) is 0 Å². The summed E-state index contributed by atoms with van der Waals surface area (Å²) >= 11 is 0. The van der Waals surface area contributed by atoms with Gasteiger partial charge < -0.3 is 0 Å². The van der Waals surface area contributed by atoms with Gasteiger partial charge in [-0.1, -0.05) is 167 Å². The number of benzene rings is 1. The molecule has 2 nitrogen and oxygen atoms in total. The fraction of sp³-hybridized carbons (Fsp3) is 0.757. The molecule has 1 aromatic carbocycles. The van der Waals surface area contributed by atoms with Gasteiger partial charge in [0, 0.05) is 6.42 Å². The van der Waals surface area contributed by atoms with Gasteiger partial charge in [0.25, 0.3) is 5.82 Å². The van der Waals surface area contributed by atoms with Gasteiger partial charge in [-0.05, 0) is 31.4 Å². The molecule has 2 rings (SSSR count). The van der Waals surface area contributed by atoms with E-state index in [0.717, 1.165) is 0 Å². The highest BCUT2D eigenvalue weighted by Crippen LogP contribution is 2.16. The average Bonchev–Trinajstić information content (AvgIpc) is 3.37. The zero-order valence-corrected chi connectivity index (χ0v) is 26.3. The van der Waals surface area contributed by atoms with E-state index in [2.05, 4.69) is 65.7 Å². The summed E-state index contributed by atoms with van der Waals surface area (Å²) in [6.07, 6.45) is 39.8. The van der Waals surface area contributed by atoms with Crippen molar-refractivity contribution < 1.29 is 4.57 Å². The second kappa shape index (κ2) is 24.2. The van der Waals surface area contributed by atoms with E-state index in [-0.39, 0.29) is 0 Å². The number of aryl methyl sites for hydroxylation is 1. The maximum atomic E-state index is 2.55. The summed E-state index contributed by atoms with van der Waals surface area (Å²) in [6.45, 7) is 5.78. The van der Waals surface area contributed by atoms with Crippen molar-refractivity contribution in [1.29, 1.82) is 0 Å². The van der Waals surface area contributed by atoms with Crippen LogP contribution in [0.15, 0.2) is 42.7 Å². The Hall–Kier alpha value is -1.57. The topological polar surface area (TPSA) is 8.81 Å². The van der Waals surface area contributed by atoms with E-state index in [9.17, 15) is 0 Å². The van der Waals surface area contributed by atoms with E-state index >= 15 is 0 Å². The van der Waals surface area contributed by atoms with Crippen molar-refractivity contribution in [2.75, 3.05) is 0 Å². The molecular weight excluding hydrogens is 472 g/mol. The Labute approximate surface area is 244 Å².